The third-order valence-electron chi connectivity index (χ3n) is 3.12. The molecule has 0 amide bonds. The molecule has 0 heterocycles. The average molecular weight is 302 g/mol. The Balaban J connectivity index is 2.82. The second-order valence-electron chi connectivity index (χ2n) is 4.61. The van der Waals surface area contributed by atoms with E-state index >= 15 is 0 Å². The lowest BCUT2D eigenvalue weighted by molar-refractivity contribution is 0.405. The molecular weight excluding hydrogens is 281 g/mol. The largest absolute Gasteiger partial charge is 0.313 e. The van der Waals surface area contributed by atoms with Gasteiger partial charge < -0.3 is 5.32 Å². The predicted octanol–water partition coefficient (Wildman–Crippen LogP) is 4.68. The summed E-state index contributed by atoms with van der Waals surface area (Å²) in [7, 11) is 1.93. The van der Waals surface area contributed by atoms with Gasteiger partial charge in [0.2, 0.25) is 0 Å². The summed E-state index contributed by atoms with van der Waals surface area (Å²) in [5, 5.41) is 3.28. The molecule has 0 radical (unpaired) electrons. The van der Waals surface area contributed by atoms with E-state index in [-0.39, 0.29) is 11.9 Å². The van der Waals surface area contributed by atoms with Crippen LogP contribution in [0.4, 0.5) is 4.39 Å². The third kappa shape index (κ3) is 4.07. The van der Waals surface area contributed by atoms with Gasteiger partial charge in [-0.15, -0.1) is 0 Å². The molecule has 17 heavy (non-hydrogen) atoms. The lowest BCUT2D eigenvalue weighted by Crippen LogP contribution is -2.19. The summed E-state index contributed by atoms with van der Waals surface area (Å²) in [6.07, 6.45) is 3.44. The van der Waals surface area contributed by atoms with Crippen LogP contribution < -0.4 is 5.32 Å². The van der Waals surface area contributed by atoms with Crippen molar-refractivity contribution in [2.75, 3.05) is 7.05 Å². The van der Waals surface area contributed by atoms with E-state index < -0.39 is 0 Å². The van der Waals surface area contributed by atoms with Gasteiger partial charge in [-0.1, -0.05) is 38.8 Å². The monoisotopic (exact) mass is 301 g/mol. The molecule has 0 aromatic heterocycles. The van der Waals surface area contributed by atoms with Crippen LogP contribution in [0.1, 0.15) is 44.7 Å². The first kappa shape index (κ1) is 14.7. The zero-order valence-electron chi connectivity index (χ0n) is 10.8. The highest BCUT2D eigenvalue weighted by molar-refractivity contribution is 9.10. The van der Waals surface area contributed by atoms with Gasteiger partial charge in [0, 0.05) is 6.04 Å². The molecule has 2 unspecified atom stereocenters. The van der Waals surface area contributed by atoms with Gasteiger partial charge >= 0.3 is 0 Å². The van der Waals surface area contributed by atoms with Crippen molar-refractivity contribution in [1.82, 2.24) is 5.32 Å². The molecule has 3 heteroatoms. The Bertz CT molecular complexity index is 354. The minimum atomic E-state index is -0.189. The van der Waals surface area contributed by atoms with Crippen LogP contribution in [-0.2, 0) is 0 Å². The number of hydrogen-bond acceptors (Lipinski definition) is 1. The maximum absolute atomic E-state index is 13.5. The number of rotatable bonds is 6. The third-order valence-corrected chi connectivity index (χ3v) is 3.96. The van der Waals surface area contributed by atoms with Gasteiger partial charge in [-0.2, -0.15) is 0 Å². The Kier molecular flexibility index (Phi) is 6.14. The van der Waals surface area contributed by atoms with E-state index in [0.717, 1.165) is 12.0 Å². The molecule has 0 bridgehead atoms. The Morgan fingerprint density at radius 2 is 2.12 bits per heavy atom. The zero-order chi connectivity index (χ0) is 12.8. The van der Waals surface area contributed by atoms with Gasteiger partial charge in [-0.25, -0.2) is 4.39 Å². The topological polar surface area (TPSA) is 12.0 Å². The Morgan fingerprint density at radius 1 is 1.41 bits per heavy atom. The van der Waals surface area contributed by atoms with Crippen molar-refractivity contribution in [2.45, 2.75) is 39.2 Å². The van der Waals surface area contributed by atoms with Crippen molar-refractivity contribution in [2.24, 2.45) is 5.92 Å². The van der Waals surface area contributed by atoms with Crippen molar-refractivity contribution in [3.63, 3.8) is 0 Å². The quantitative estimate of drug-likeness (QED) is 0.805. The summed E-state index contributed by atoms with van der Waals surface area (Å²) < 4.78 is 14.1. The summed E-state index contributed by atoms with van der Waals surface area (Å²) in [5.41, 5.74) is 1.01. The zero-order valence-corrected chi connectivity index (χ0v) is 12.3. The molecular formula is C14H21BrFN. The lowest BCUT2D eigenvalue weighted by atomic mass is 9.93. The maximum Gasteiger partial charge on any atom is 0.137 e. The van der Waals surface area contributed by atoms with Crippen LogP contribution in [-0.4, -0.2) is 7.05 Å². The van der Waals surface area contributed by atoms with Crippen LogP contribution in [0.5, 0.6) is 0 Å². The number of halogens is 2. The highest BCUT2D eigenvalue weighted by Crippen LogP contribution is 2.30. The molecule has 0 saturated carbocycles. The molecule has 0 aliphatic heterocycles. The van der Waals surface area contributed by atoms with Crippen molar-refractivity contribution in [1.29, 1.82) is 0 Å². The molecule has 0 aliphatic carbocycles. The van der Waals surface area contributed by atoms with Crippen LogP contribution in [0.2, 0.25) is 0 Å². The van der Waals surface area contributed by atoms with E-state index in [1.54, 1.807) is 6.07 Å². The summed E-state index contributed by atoms with van der Waals surface area (Å²) in [6.45, 7) is 4.45. The molecule has 1 aromatic rings. The minimum absolute atomic E-state index is 0.189. The van der Waals surface area contributed by atoms with E-state index in [1.807, 2.05) is 13.1 Å². The maximum atomic E-state index is 13.5. The predicted molar refractivity (Wildman–Crippen MR) is 74.6 cm³/mol. The molecule has 96 valence electrons. The van der Waals surface area contributed by atoms with E-state index in [0.29, 0.717) is 10.4 Å². The molecule has 1 nitrogen and oxygen atoms in total. The minimum Gasteiger partial charge on any atom is -0.313 e. The number of hydrogen-bond donors (Lipinski definition) is 1. The number of nitrogens with one attached hydrogen (secondary N) is 1. The van der Waals surface area contributed by atoms with Crippen LogP contribution >= 0.6 is 15.9 Å². The van der Waals surface area contributed by atoms with Gasteiger partial charge in [0.15, 0.2) is 0 Å². The highest BCUT2D eigenvalue weighted by atomic mass is 79.9. The number of benzene rings is 1. The fourth-order valence-electron chi connectivity index (χ4n) is 2.20. The fraction of sp³-hybridized carbons (Fsp3) is 0.571. The van der Waals surface area contributed by atoms with E-state index in [2.05, 4.69) is 35.1 Å². The van der Waals surface area contributed by atoms with Crippen molar-refractivity contribution >= 4 is 15.9 Å². The van der Waals surface area contributed by atoms with Crippen molar-refractivity contribution in [3.05, 3.63) is 34.1 Å². The van der Waals surface area contributed by atoms with Gasteiger partial charge in [0.05, 0.1) is 4.47 Å². The first-order chi connectivity index (χ1) is 8.10. The van der Waals surface area contributed by atoms with Gasteiger partial charge in [-0.05, 0) is 46.9 Å². The summed E-state index contributed by atoms with van der Waals surface area (Å²) >= 11 is 3.34. The molecule has 1 aromatic carbocycles. The van der Waals surface area contributed by atoms with Crippen molar-refractivity contribution in [3.8, 4) is 0 Å². The molecule has 2 atom stereocenters. The standard InChI is InChI=1S/C14H21BrFN/c1-4-6-10(2)9-13(17-3)11-7-5-8-12(16)14(11)15/h5,7-8,10,13,17H,4,6,9H2,1-3H3. The van der Waals surface area contributed by atoms with E-state index in [4.69, 9.17) is 0 Å². The van der Waals surface area contributed by atoms with Crippen molar-refractivity contribution < 1.29 is 4.39 Å². The normalized spacial score (nSPS) is 14.6. The van der Waals surface area contributed by atoms with E-state index in [9.17, 15) is 4.39 Å². The summed E-state index contributed by atoms with van der Waals surface area (Å²) in [6, 6.07) is 5.44. The van der Waals surface area contributed by atoms with E-state index in [1.165, 1.54) is 18.9 Å². The SMILES string of the molecule is CCCC(C)CC(NC)c1cccc(F)c1Br. The lowest BCUT2D eigenvalue weighted by Gasteiger charge is -2.22. The Morgan fingerprint density at radius 3 is 2.71 bits per heavy atom. The average Bonchev–Trinajstić information content (AvgIpc) is 2.30. The first-order valence-electron chi connectivity index (χ1n) is 6.21. The van der Waals surface area contributed by atoms with Gasteiger partial charge in [0.25, 0.3) is 0 Å². The fourth-order valence-corrected chi connectivity index (χ4v) is 2.74. The van der Waals surface area contributed by atoms with Crippen LogP contribution in [0, 0.1) is 11.7 Å². The van der Waals surface area contributed by atoms with Gasteiger partial charge in [0.1, 0.15) is 5.82 Å². The second kappa shape index (κ2) is 7.12. The molecule has 0 fully saturated rings. The summed E-state index contributed by atoms with van der Waals surface area (Å²) in [5.74, 6) is 0.457. The van der Waals surface area contributed by atoms with Crippen LogP contribution in [0.15, 0.2) is 22.7 Å². The Hall–Kier alpha value is -0.410. The molecule has 0 saturated heterocycles. The highest BCUT2D eigenvalue weighted by Gasteiger charge is 2.17. The molecule has 1 N–H and O–H groups in total. The molecule has 0 aliphatic rings. The Labute approximate surface area is 112 Å². The first-order valence-corrected chi connectivity index (χ1v) is 7.00. The molecule has 0 spiro atoms. The second-order valence-corrected chi connectivity index (χ2v) is 5.41. The molecule has 1 rings (SSSR count). The summed E-state index contributed by atoms with van der Waals surface area (Å²) in [4.78, 5) is 0. The van der Waals surface area contributed by atoms with Crippen LogP contribution in [0.3, 0.4) is 0 Å². The smallest absolute Gasteiger partial charge is 0.137 e. The van der Waals surface area contributed by atoms with Gasteiger partial charge in [-0.3, -0.25) is 0 Å². The van der Waals surface area contributed by atoms with Crippen LogP contribution in [0.25, 0.3) is 0 Å².